The van der Waals surface area contributed by atoms with Gasteiger partial charge in [-0.05, 0) is 83.2 Å². The average molecular weight is 723 g/mol. The summed E-state index contributed by atoms with van der Waals surface area (Å²) in [5, 5.41) is 16.6. The summed E-state index contributed by atoms with van der Waals surface area (Å²) in [7, 11) is 0. The van der Waals surface area contributed by atoms with Gasteiger partial charge in [-0.25, -0.2) is 0 Å². The van der Waals surface area contributed by atoms with Gasteiger partial charge in [0.25, 0.3) is 5.91 Å². The van der Waals surface area contributed by atoms with Crippen LogP contribution in [0.2, 0.25) is 0 Å². The highest BCUT2D eigenvalue weighted by molar-refractivity contribution is 6.01. The third-order valence-electron chi connectivity index (χ3n) is 10.4. The van der Waals surface area contributed by atoms with Gasteiger partial charge in [-0.15, -0.1) is 0 Å². The van der Waals surface area contributed by atoms with Gasteiger partial charge in [0.05, 0.1) is 17.5 Å². The number of aliphatic hydroxyl groups is 1. The van der Waals surface area contributed by atoms with Crippen molar-refractivity contribution in [2.75, 3.05) is 13.1 Å². The maximum Gasteiger partial charge on any atom is 0.416 e. The van der Waals surface area contributed by atoms with Gasteiger partial charge in [-0.1, -0.05) is 91.7 Å². The zero-order valence-corrected chi connectivity index (χ0v) is 28.4. The number of nitrogens with one attached hydrogen (secondary N) is 2. The van der Waals surface area contributed by atoms with E-state index < -0.39 is 36.1 Å². The maximum atomic E-state index is 13.2. The smallest absolute Gasteiger partial charge is 0.377 e. The first-order chi connectivity index (χ1) is 24.8. The Morgan fingerprint density at radius 2 is 1.37 bits per heavy atom. The third kappa shape index (κ3) is 8.10. The molecular weight excluding hydrogens is 682 g/mol. The normalized spacial score (nSPS) is 18.0. The topological polar surface area (TPSA) is 78.4 Å². The molecule has 0 aromatic heterocycles. The summed E-state index contributed by atoms with van der Waals surface area (Å²) in [6, 6.07) is 26.4. The highest BCUT2D eigenvalue weighted by atomic mass is 19.4. The van der Waals surface area contributed by atoms with Crippen molar-refractivity contribution in [2.24, 2.45) is 11.8 Å². The van der Waals surface area contributed by atoms with Crippen LogP contribution >= 0.6 is 0 Å². The molecule has 0 bridgehead atoms. The van der Waals surface area contributed by atoms with E-state index in [4.69, 9.17) is 0 Å². The van der Waals surface area contributed by atoms with Gasteiger partial charge < -0.3 is 10.4 Å². The maximum absolute atomic E-state index is 13.2. The number of halogens is 6. The van der Waals surface area contributed by atoms with E-state index >= 15 is 0 Å². The summed E-state index contributed by atoms with van der Waals surface area (Å²) in [4.78, 5) is 25.9. The fraction of sp³-hybridized carbons (Fsp3) is 0.366. The first-order valence-electron chi connectivity index (χ1n) is 17.5. The lowest BCUT2D eigenvalue weighted by Crippen LogP contribution is -2.50. The Balaban J connectivity index is 0.984. The zero-order chi connectivity index (χ0) is 37.1. The van der Waals surface area contributed by atoms with Crippen molar-refractivity contribution in [1.82, 2.24) is 10.6 Å². The van der Waals surface area contributed by atoms with Crippen molar-refractivity contribution in [3.63, 3.8) is 0 Å². The number of hydrogen-bond acceptors (Lipinski definition) is 4. The quantitative estimate of drug-likeness (QED) is 0.0650. The van der Waals surface area contributed by atoms with E-state index in [1.165, 1.54) is 12.1 Å². The molecule has 0 spiro atoms. The molecule has 2 aliphatic rings. The second-order valence-corrected chi connectivity index (χ2v) is 13.8. The van der Waals surface area contributed by atoms with Crippen LogP contribution in [0.15, 0.2) is 97.1 Å². The number of hydrogen-bond donors (Lipinski definition) is 3. The number of fused-ring (bicyclic) bond motifs is 3. The monoisotopic (exact) mass is 722 g/mol. The molecule has 0 aliphatic heterocycles. The lowest BCUT2D eigenvalue weighted by molar-refractivity contribution is -0.137. The molecule has 1 amide bonds. The van der Waals surface area contributed by atoms with Crippen LogP contribution in [0.5, 0.6) is 0 Å². The van der Waals surface area contributed by atoms with Crippen LogP contribution < -0.4 is 10.6 Å². The summed E-state index contributed by atoms with van der Waals surface area (Å²) in [5.74, 6) is -0.0790. The predicted molar refractivity (Wildman–Crippen MR) is 186 cm³/mol. The Bertz CT molecular complexity index is 1840. The van der Waals surface area contributed by atoms with E-state index in [1.807, 2.05) is 48.5 Å². The number of Topliss-reactive ketones (excluding diaryl/α,β-unsaturated/α-hetero) is 1. The van der Waals surface area contributed by atoms with E-state index in [1.54, 1.807) is 24.3 Å². The number of carbonyl (C=O) groups excluding carboxylic acids is 2. The van der Waals surface area contributed by atoms with E-state index in [9.17, 15) is 41.0 Å². The summed E-state index contributed by atoms with van der Waals surface area (Å²) in [6.07, 6.45) is -6.27. The molecule has 4 aromatic rings. The fourth-order valence-electron chi connectivity index (χ4n) is 7.73. The summed E-state index contributed by atoms with van der Waals surface area (Å²) in [6.45, 7) is -1.05. The van der Waals surface area contributed by atoms with Crippen LogP contribution in [-0.4, -0.2) is 42.3 Å². The van der Waals surface area contributed by atoms with Crippen molar-refractivity contribution in [3.8, 4) is 22.3 Å². The SMILES string of the molecule is O=C(NCCCC(=O)[C@@H]1CC1CCCCC1(C(O)NCC(F)(F)F)c2ccccc2-c2ccccc21)c1ccccc1-c1ccc(C(F)(F)F)cc1. The van der Waals surface area contributed by atoms with Gasteiger partial charge in [0.1, 0.15) is 12.0 Å². The number of alkyl halides is 6. The Morgan fingerprint density at radius 3 is 1.98 bits per heavy atom. The van der Waals surface area contributed by atoms with Gasteiger partial charge in [0.15, 0.2) is 0 Å². The predicted octanol–water partition coefficient (Wildman–Crippen LogP) is 9.09. The van der Waals surface area contributed by atoms with Gasteiger partial charge >= 0.3 is 12.4 Å². The Labute approximate surface area is 298 Å². The number of carbonyl (C=O) groups is 2. The molecule has 0 radical (unpaired) electrons. The van der Waals surface area contributed by atoms with Gasteiger partial charge in [0.2, 0.25) is 0 Å². The zero-order valence-electron chi connectivity index (χ0n) is 28.4. The molecule has 3 N–H and O–H groups in total. The summed E-state index contributed by atoms with van der Waals surface area (Å²) >= 11 is 0. The lowest BCUT2D eigenvalue weighted by atomic mass is 9.72. The first-order valence-corrected chi connectivity index (χ1v) is 17.5. The van der Waals surface area contributed by atoms with E-state index in [0.717, 1.165) is 53.6 Å². The van der Waals surface area contributed by atoms with Crippen LogP contribution in [0.3, 0.4) is 0 Å². The summed E-state index contributed by atoms with van der Waals surface area (Å²) < 4.78 is 78.6. The molecule has 0 heterocycles. The molecule has 2 unspecified atom stereocenters. The van der Waals surface area contributed by atoms with Gasteiger partial charge in [-0.2, -0.15) is 26.3 Å². The number of benzene rings is 4. The van der Waals surface area contributed by atoms with Crippen LogP contribution in [0.4, 0.5) is 26.3 Å². The molecule has 2 aliphatic carbocycles. The van der Waals surface area contributed by atoms with Crippen molar-refractivity contribution < 1.29 is 41.0 Å². The standard InChI is InChI=1S/C41H40F6N2O3/c42-40(43,44)25-49-38(52)39(34-15-5-3-12-30(34)31-13-4-6-16-35(31)39)22-8-7-10-27-24-33(27)36(50)17-9-23-48-37(51)32-14-2-1-11-29(32)26-18-20-28(21-19-26)41(45,46)47/h1-6,11-16,18-21,27,33,38,49,52H,7-10,17,22-25H2,(H,48,51)/t27?,33-,38?/m1/s1. The molecule has 5 nitrogen and oxygen atoms in total. The van der Waals surface area contributed by atoms with E-state index in [0.29, 0.717) is 42.4 Å². The van der Waals surface area contributed by atoms with E-state index in [2.05, 4.69) is 10.6 Å². The van der Waals surface area contributed by atoms with Gasteiger partial charge in [-0.3, -0.25) is 14.9 Å². The fourth-order valence-corrected chi connectivity index (χ4v) is 7.73. The van der Waals surface area contributed by atoms with Crippen LogP contribution in [0.1, 0.15) is 72.0 Å². The molecule has 0 saturated heterocycles. The Hall–Kier alpha value is -4.48. The number of rotatable bonds is 15. The minimum Gasteiger partial charge on any atom is -0.377 e. The molecule has 274 valence electrons. The third-order valence-corrected chi connectivity index (χ3v) is 10.4. The van der Waals surface area contributed by atoms with Crippen molar-refractivity contribution in [2.45, 2.75) is 68.9 Å². The minimum absolute atomic E-state index is 0.0583. The molecule has 52 heavy (non-hydrogen) atoms. The number of ketones is 1. The number of aliphatic hydroxyl groups excluding tert-OH is 1. The lowest BCUT2D eigenvalue weighted by Gasteiger charge is -2.37. The number of unbranched alkanes of at least 4 members (excludes halogenated alkanes) is 1. The van der Waals surface area contributed by atoms with Crippen molar-refractivity contribution in [1.29, 1.82) is 0 Å². The highest BCUT2D eigenvalue weighted by Crippen LogP contribution is 2.53. The number of amides is 1. The summed E-state index contributed by atoms with van der Waals surface area (Å²) in [5.41, 5.74) is 2.88. The minimum atomic E-state index is -4.48. The second-order valence-electron chi connectivity index (χ2n) is 13.8. The van der Waals surface area contributed by atoms with Crippen LogP contribution in [0, 0.1) is 11.8 Å². The highest BCUT2D eigenvalue weighted by Gasteiger charge is 2.49. The first kappa shape index (κ1) is 37.3. The Kier molecular flexibility index (Phi) is 10.9. The molecule has 3 atom stereocenters. The molecule has 1 saturated carbocycles. The van der Waals surface area contributed by atoms with Crippen LogP contribution in [-0.2, 0) is 16.4 Å². The van der Waals surface area contributed by atoms with Gasteiger partial charge in [0, 0.05) is 24.4 Å². The molecule has 4 aromatic carbocycles. The average Bonchev–Trinajstić information content (AvgIpc) is 3.86. The molecular formula is C41H40F6N2O3. The largest absolute Gasteiger partial charge is 0.416 e. The molecule has 11 heteroatoms. The molecule has 6 rings (SSSR count). The van der Waals surface area contributed by atoms with Crippen molar-refractivity contribution >= 4 is 11.7 Å². The second kappa shape index (κ2) is 15.2. The molecule has 1 fully saturated rings. The van der Waals surface area contributed by atoms with Crippen molar-refractivity contribution in [3.05, 3.63) is 119 Å². The Morgan fingerprint density at radius 1 is 0.769 bits per heavy atom. The van der Waals surface area contributed by atoms with Crippen LogP contribution in [0.25, 0.3) is 22.3 Å². The van der Waals surface area contributed by atoms with E-state index in [-0.39, 0.29) is 30.1 Å².